The van der Waals surface area contributed by atoms with Gasteiger partial charge in [-0.15, -0.1) is 0 Å². The molecular formula is C15H22N3O2+. The number of aromatic hydroxyl groups is 1. The number of rotatable bonds is 4. The van der Waals surface area contributed by atoms with Crippen molar-refractivity contribution in [3.63, 3.8) is 0 Å². The minimum atomic E-state index is -0.149. The lowest BCUT2D eigenvalue weighted by Crippen LogP contribution is -2.53. The second kappa shape index (κ2) is 5.36. The first kappa shape index (κ1) is 14.7. The molecular weight excluding hydrogens is 254 g/mol. The number of amidine groups is 1. The number of aliphatic imine (C=N–C) groups is 1. The van der Waals surface area contributed by atoms with Crippen LogP contribution in [0.4, 0.5) is 0 Å². The van der Waals surface area contributed by atoms with Crippen LogP contribution in [0.2, 0.25) is 0 Å². The Morgan fingerprint density at radius 1 is 1.25 bits per heavy atom. The van der Waals surface area contributed by atoms with E-state index < -0.39 is 0 Å². The molecule has 1 aliphatic heterocycles. The number of quaternary nitrogens is 1. The van der Waals surface area contributed by atoms with Crippen molar-refractivity contribution < 1.29 is 14.7 Å². The van der Waals surface area contributed by atoms with E-state index in [1.807, 2.05) is 45.2 Å². The first-order chi connectivity index (χ1) is 9.39. The summed E-state index contributed by atoms with van der Waals surface area (Å²) < 4.78 is 0.418. The fourth-order valence-electron chi connectivity index (χ4n) is 2.53. The number of nitrogens with zero attached hydrogens (tertiary/aromatic N) is 3. The second-order valence-corrected chi connectivity index (χ2v) is 5.63. The maximum absolute atomic E-state index is 10.0. The number of hydrogen-bond acceptors (Lipinski definition) is 4. The van der Waals surface area contributed by atoms with Crippen LogP contribution in [0.5, 0.6) is 5.75 Å². The van der Waals surface area contributed by atoms with Gasteiger partial charge in [-0.05, 0) is 26.2 Å². The lowest BCUT2D eigenvalue weighted by Gasteiger charge is -2.33. The van der Waals surface area contributed by atoms with Crippen LogP contribution in [-0.2, 0) is 0 Å². The van der Waals surface area contributed by atoms with Crippen molar-refractivity contribution in [1.29, 1.82) is 0 Å². The number of likely N-dealkylation sites (N-methyl/N-ethyl adjacent to an activating group) is 2. The zero-order valence-electron chi connectivity index (χ0n) is 12.4. The molecule has 0 spiro atoms. The summed E-state index contributed by atoms with van der Waals surface area (Å²) in [5.74, 6) is 1.10. The van der Waals surface area contributed by atoms with Crippen molar-refractivity contribution in [2.24, 2.45) is 4.99 Å². The molecule has 5 nitrogen and oxygen atoms in total. The van der Waals surface area contributed by atoms with Gasteiger partial charge >= 0.3 is 0 Å². The molecule has 1 aromatic carbocycles. The summed E-state index contributed by atoms with van der Waals surface area (Å²) in [7, 11) is 7.86. The van der Waals surface area contributed by atoms with Gasteiger partial charge in [0.2, 0.25) is 5.84 Å². The van der Waals surface area contributed by atoms with E-state index in [1.165, 1.54) is 0 Å². The number of hydrogen-bond donors (Lipinski definition) is 2. The van der Waals surface area contributed by atoms with E-state index in [0.29, 0.717) is 4.48 Å². The summed E-state index contributed by atoms with van der Waals surface area (Å²) in [4.78, 5) is 6.44. The van der Waals surface area contributed by atoms with Crippen LogP contribution in [0.15, 0.2) is 35.5 Å². The van der Waals surface area contributed by atoms with Crippen LogP contribution in [0.1, 0.15) is 5.56 Å². The highest BCUT2D eigenvalue weighted by Crippen LogP contribution is 2.35. The van der Waals surface area contributed by atoms with Crippen molar-refractivity contribution in [3.05, 3.63) is 36.0 Å². The number of aliphatic hydroxyl groups excluding tert-OH is 1. The number of aliphatic hydroxyl groups is 1. The summed E-state index contributed by atoms with van der Waals surface area (Å²) in [6.45, 7) is 0.00933. The van der Waals surface area contributed by atoms with Gasteiger partial charge in [-0.1, -0.05) is 12.1 Å². The molecule has 0 radical (unpaired) electrons. The average Bonchev–Trinajstić information content (AvgIpc) is 2.67. The highest BCUT2D eigenvalue weighted by molar-refractivity contribution is 5.90. The molecule has 0 unspecified atom stereocenters. The topological polar surface area (TPSA) is 56.1 Å². The third-order valence-corrected chi connectivity index (χ3v) is 3.77. The molecule has 1 aliphatic rings. The molecule has 5 heteroatoms. The third-order valence-electron chi connectivity index (χ3n) is 3.77. The van der Waals surface area contributed by atoms with Crippen LogP contribution in [-0.4, -0.2) is 66.3 Å². The Morgan fingerprint density at radius 3 is 2.45 bits per heavy atom. The molecule has 108 valence electrons. The standard InChI is InChI=1S/C15H21N3O2/c1-17(2)12(10-19)15-16-9-13(18(15,3)4)11-7-5-6-8-14(11)20/h5-9,12,19H,10H2,1-4H3/p+1/t12-/m0/s1. The highest BCUT2D eigenvalue weighted by Gasteiger charge is 2.41. The summed E-state index contributed by atoms with van der Waals surface area (Å²) >= 11 is 0. The second-order valence-electron chi connectivity index (χ2n) is 5.63. The van der Waals surface area contributed by atoms with Crippen LogP contribution in [0.3, 0.4) is 0 Å². The Kier molecular flexibility index (Phi) is 3.94. The Labute approximate surface area is 119 Å². The lowest BCUT2D eigenvalue weighted by atomic mass is 10.1. The van der Waals surface area contributed by atoms with Crippen molar-refractivity contribution >= 4 is 11.5 Å². The highest BCUT2D eigenvalue weighted by atomic mass is 16.3. The maximum Gasteiger partial charge on any atom is 0.227 e. The van der Waals surface area contributed by atoms with Gasteiger partial charge in [0, 0.05) is 0 Å². The quantitative estimate of drug-likeness (QED) is 0.810. The van der Waals surface area contributed by atoms with Crippen LogP contribution >= 0.6 is 0 Å². The van der Waals surface area contributed by atoms with E-state index >= 15 is 0 Å². The molecule has 1 heterocycles. The maximum atomic E-state index is 10.0. The summed E-state index contributed by atoms with van der Waals surface area (Å²) in [6, 6.07) is 7.09. The van der Waals surface area contributed by atoms with Gasteiger partial charge < -0.3 is 10.2 Å². The van der Waals surface area contributed by atoms with E-state index in [9.17, 15) is 10.2 Å². The molecule has 0 amide bonds. The predicted molar refractivity (Wildman–Crippen MR) is 80.2 cm³/mol. The van der Waals surface area contributed by atoms with E-state index in [0.717, 1.165) is 17.1 Å². The Hall–Kier alpha value is -1.69. The number of phenolic OH excluding ortho intramolecular Hbond substituents is 1. The molecule has 1 aromatic rings. The predicted octanol–water partition coefficient (Wildman–Crippen LogP) is 1.10. The van der Waals surface area contributed by atoms with Gasteiger partial charge in [-0.25, -0.2) is 9.48 Å². The molecule has 2 N–H and O–H groups in total. The minimum Gasteiger partial charge on any atom is -0.507 e. The molecule has 0 saturated carbocycles. The van der Waals surface area contributed by atoms with Crippen molar-refractivity contribution in [2.45, 2.75) is 6.04 Å². The van der Waals surface area contributed by atoms with Gasteiger partial charge in [0.1, 0.15) is 11.8 Å². The smallest absolute Gasteiger partial charge is 0.227 e. The Balaban J connectivity index is 2.38. The van der Waals surface area contributed by atoms with Gasteiger partial charge in [0.15, 0.2) is 5.70 Å². The van der Waals surface area contributed by atoms with Crippen molar-refractivity contribution in [3.8, 4) is 5.75 Å². The molecule has 1 atom stereocenters. The Morgan fingerprint density at radius 2 is 1.90 bits per heavy atom. The van der Waals surface area contributed by atoms with Gasteiger partial charge in [0.25, 0.3) is 0 Å². The number of para-hydroxylation sites is 1. The molecule has 0 fully saturated rings. The third kappa shape index (κ3) is 2.35. The number of benzene rings is 1. The first-order valence-corrected chi connectivity index (χ1v) is 6.58. The SMILES string of the molecule is CN(C)[C@@H](CO)C1=NC=C(c2ccccc2O)[N+]1(C)C. The molecule has 0 bridgehead atoms. The van der Waals surface area contributed by atoms with Crippen LogP contribution < -0.4 is 0 Å². The van der Waals surface area contributed by atoms with Gasteiger partial charge in [-0.2, -0.15) is 0 Å². The summed E-state index contributed by atoms with van der Waals surface area (Å²) in [5.41, 5.74) is 1.69. The molecule has 0 aliphatic carbocycles. The molecule has 2 rings (SSSR count). The van der Waals surface area contributed by atoms with E-state index in [2.05, 4.69) is 4.99 Å². The van der Waals surface area contributed by atoms with E-state index in [-0.39, 0.29) is 18.4 Å². The zero-order valence-corrected chi connectivity index (χ0v) is 12.4. The Bertz CT molecular complexity index is 562. The normalized spacial score (nSPS) is 18.9. The lowest BCUT2D eigenvalue weighted by molar-refractivity contribution is -0.720. The fourth-order valence-corrected chi connectivity index (χ4v) is 2.53. The van der Waals surface area contributed by atoms with Gasteiger partial charge in [-0.3, -0.25) is 4.90 Å². The number of phenols is 1. The van der Waals surface area contributed by atoms with E-state index in [1.54, 1.807) is 18.3 Å². The molecule has 0 aromatic heterocycles. The largest absolute Gasteiger partial charge is 0.507 e. The first-order valence-electron chi connectivity index (χ1n) is 6.58. The van der Waals surface area contributed by atoms with Gasteiger partial charge in [0.05, 0.1) is 32.5 Å². The monoisotopic (exact) mass is 276 g/mol. The fraction of sp³-hybridized carbons (Fsp3) is 0.400. The van der Waals surface area contributed by atoms with Crippen LogP contribution in [0.25, 0.3) is 5.70 Å². The van der Waals surface area contributed by atoms with E-state index in [4.69, 9.17) is 0 Å². The van der Waals surface area contributed by atoms with Crippen molar-refractivity contribution in [1.82, 2.24) is 4.90 Å². The average molecular weight is 276 g/mol. The summed E-state index contributed by atoms with van der Waals surface area (Å²) in [5, 5.41) is 19.6. The molecule has 20 heavy (non-hydrogen) atoms. The van der Waals surface area contributed by atoms with Crippen LogP contribution in [0, 0.1) is 0 Å². The van der Waals surface area contributed by atoms with Crippen molar-refractivity contribution in [2.75, 3.05) is 34.8 Å². The summed E-state index contributed by atoms with van der Waals surface area (Å²) in [6.07, 6.45) is 1.77. The zero-order chi connectivity index (χ0) is 14.9. The minimum absolute atomic E-state index is 0.00933. The molecule has 0 saturated heterocycles.